The van der Waals surface area contributed by atoms with E-state index in [1.165, 1.54) is 0 Å². The Kier molecular flexibility index (Phi) is 5.20. The minimum absolute atomic E-state index is 0.361. The molecule has 0 fully saturated rings. The van der Waals surface area contributed by atoms with E-state index in [1.807, 2.05) is 0 Å². The van der Waals surface area contributed by atoms with Crippen molar-refractivity contribution in [3.63, 3.8) is 0 Å². The smallest absolute Gasteiger partial charge is 0.330 e. The number of hydrogen-bond acceptors (Lipinski definition) is 5. The highest BCUT2D eigenvalue weighted by Gasteiger charge is 2.17. The number of aliphatic hydroxyl groups excluding tert-OH is 2. The van der Waals surface area contributed by atoms with Crippen LogP contribution in [0.2, 0.25) is 0 Å². The van der Waals surface area contributed by atoms with Gasteiger partial charge in [-0.15, -0.1) is 0 Å². The summed E-state index contributed by atoms with van der Waals surface area (Å²) in [5.41, 5.74) is -1.94. The number of hydrogen-bond donors (Lipinski definition) is 3. The second kappa shape index (κ2) is 6.43. The van der Waals surface area contributed by atoms with Crippen LogP contribution in [0.15, 0.2) is 15.8 Å². The molecule has 0 aromatic carbocycles. The van der Waals surface area contributed by atoms with Gasteiger partial charge in [-0.1, -0.05) is 6.92 Å². The van der Waals surface area contributed by atoms with Crippen LogP contribution in [0.4, 0.5) is 4.39 Å². The van der Waals surface area contributed by atoms with Crippen LogP contribution in [0.25, 0.3) is 0 Å². The van der Waals surface area contributed by atoms with Crippen LogP contribution in [0.3, 0.4) is 0 Å². The fourth-order valence-electron chi connectivity index (χ4n) is 1.30. The van der Waals surface area contributed by atoms with Crippen molar-refractivity contribution in [1.82, 2.24) is 9.55 Å². The summed E-state index contributed by atoms with van der Waals surface area (Å²) >= 11 is 0. The van der Waals surface area contributed by atoms with Gasteiger partial charge in [0.2, 0.25) is 5.82 Å². The zero-order chi connectivity index (χ0) is 13.7. The minimum atomic E-state index is -1.12. The molecule has 0 bridgehead atoms. The molecular formula is C10H15FN2O5. The molecular weight excluding hydrogens is 247 g/mol. The van der Waals surface area contributed by atoms with E-state index >= 15 is 0 Å². The van der Waals surface area contributed by atoms with Gasteiger partial charge in [-0.25, -0.2) is 4.79 Å². The Morgan fingerprint density at radius 3 is 2.78 bits per heavy atom. The van der Waals surface area contributed by atoms with Gasteiger partial charge in [0.05, 0.1) is 18.9 Å². The van der Waals surface area contributed by atoms with Gasteiger partial charge in [0.1, 0.15) is 12.8 Å². The van der Waals surface area contributed by atoms with Gasteiger partial charge in [0.25, 0.3) is 5.56 Å². The van der Waals surface area contributed by atoms with Crippen molar-refractivity contribution in [2.24, 2.45) is 0 Å². The fourth-order valence-corrected chi connectivity index (χ4v) is 1.30. The average Bonchev–Trinajstić information content (AvgIpc) is 2.35. The van der Waals surface area contributed by atoms with Gasteiger partial charge in [0, 0.05) is 0 Å². The molecule has 0 aliphatic carbocycles. The predicted molar refractivity (Wildman–Crippen MR) is 59.5 cm³/mol. The van der Waals surface area contributed by atoms with E-state index in [1.54, 1.807) is 11.9 Å². The Morgan fingerprint density at radius 1 is 1.56 bits per heavy atom. The van der Waals surface area contributed by atoms with Gasteiger partial charge in [0.15, 0.2) is 0 Å². The zero-order valence-corrected chi connectivity index (χ0v) is 9.80. The first-order chi connectivity index (χ1) is 8.49. The summed E-state index contributed by atoms with van der Waals surface area (Å²) in [4.78, 5) is 23.8. The maximum absolute atomic E-state index is 12.9. The number of nitrogens with one attached hydrogen (secondary N) is 1. The first-order valence-electron chi connectivity index (χ1n) is 5.39. The quantitative estimate of drug-likeness (QED) is 0.596. The van der Waals surface area contributed by atoms with Crippen molar-refractivity contribution >= 4 is 0 Å². The number of aromatic amines is 1. The van der Waals surface area contributed by atoms with Crippen molar-refractivity contribution in [3.8, 4) is 0 Å². The van der Waals surface area contributed by atoms with Gasteiger partial charge >= 0.3 is 5.69 Å². The number of aliphatic hydroxyl groups is 2. The molecule has 3 N–H and O–H groups in total. The highest BCUT2D eigenvalue weighted by atomic mass is 19.1. The number of H-pyrrole nitrogens is 1. The third kappa shape index (κ3) is 3.49. The van der Waals surface area contributed by atoms with Crippen LogP contribution in [0.5, 0.6) is 0 Å². The van der Waals surface area contributed by atoms with Crippen molar-refractivity contribution in [2.75, 3.05) is 6.61 Å². The lowest BCUT2D eigenvalue weighted by atomic mass is 10.2. The number of halogens is 1. The van der Waals surface area contributed by atoms with Crippen LogP contribution in [0.1, 0.15) is 13.3 Å². The summed E-state index contributed by atoms with van der Waals surface area (Å²) in [5.74, 6) is -1.12. The van der Waals surface area contributed by atoms with Crippen molar-refractivity contribution in [1.29, 1.82) is 0 Å². The molecule has 18 heavy (non-hydrogen) atoms. The van der Waals surface area contributed by atoms with E-state index in [0.717, 1.165) is 4.57 Å². The number of rotatable bonds is 6. The molecule has 1 aromatic rings. The Hall–Kier alpha value is -1.51. The fraction of sp³-hybridized carbons (Fsp3) is 0.600. The van der Waals surface area contributed by atoms with E-state index < -0.39 is 35.9 Å². The Bertz CT molecular complexity index is 498. The van der Waals surface area contributed by atoms with E-state index in [2.05, 4.69) is 0 Å². The molecule has 0 radical (unpaired) electrons. The van der Waals surface area contributed by atoms with E-state index in [4.69, 9.17) is 9.84 Å². The summed E-state index contributed by atoms with van der Waals surface area (Å²) in [6.45, 7) is 0.882. The van der Waals surface area contributed by atoms with Crippen LogP contribution in [-0.2, 0) is 11.5 Å². The standard InChI is InChI=1S/C10H15FN2O5/c1-2-7(15)8(4-14)18-5-13-3-6(11)9(16)12-10(13)17/h3,7-8,14-15H,2,4-5H2,1H3,(H,12,16,17)/t7-,8-/m1/s1. The van der Waals surface area contributed by atoms with Crippen LogP contribution in [-0.4, -0.2) is 38.6 Å². The molecule has 8 heteroatoms. The van der Waals surface area contributed by atoms with E-state index in [9.17, 15) is 19.1 Å². The first-order valence-corrected chi connectivity index (χ1v) is 5.39. The largest absolute Gasteiger partial charge is 0.394 e. The number of ether oxygens (including phenoxy) is 1. The molecule has 0 unspecified atom stereocenters. The second-order valence-corrected chi connectivity index (χ2v) is 3.70. The lowest BCUT2D eigenvalue weighted by molar-refractivity contribution is -0.0892. The third-order valence-corrected chi connectivity index (χ3v) is 2.42. The molecule has 0 amide bonds. The van der Waals surface area contributed by atoms with E-state index in [-0.39, 0.29) is 6.73 Å². The lowest BCUT2D eigenvalue weighted by Gasteiger charge is -2.20. The van der Waals surface area contributed by atoms with Gasteiger partial charge in [-0.3, -0.25) is 14.3 Å². The summed E-state index contributed by atoms with van der Waals surface area (Å²) in [6.07, 6.45) is -0.705. The predicted octanol–water partition coefficient (Wildman–Crippen LogP) is -1.22. The maximum Gasteiger partial charge on any atom is 0.330 e. The van der Waals surface area contributed by atoms with Crippen molar-refractivity contribution in [2.45, 2.75) is 32.3 Å². The summed E-state index contributed by atoms with van der Waals surface area (Å²) in [6, 6.07) is 0. The topological polar surface area (TPSA) is 105 Å². The highest BCUT2D eigenvalue weighted by molar-refractivity contribution is 4.86. The van der Waals surface area contributed by atoms with Gasteiger partial charge in [-0.05, 0) is 6.42 Å². The molecule has 102 valence electrons. The molecule has 0 saturated carbocycles. The summed E-state index contributed by atoms with van der Waals surface area (Å²) in [7, 11) is 0. The molecule has 7 nitrogen and oxygen atoms in total. The van der Waals surface area contributed by atoms with Crippen LogP contribution < -0.4 is 11.2 Å². The molecule has 0 spiro atoms. The van der Waals surface area contributed by atoms with Gasteiger partial charge in [-0.2, -0.15) is 4.39 Å². The van der Waals surface area contributed by atoms with Crippen molar-refractivity contribution in [3.05, 3.63) is 32.9 Å². The molecule has 0 aliphatic heterocycles. The molecule has 0 aliphatic rings. The SMILES string of the molecule is CC[C@@H](O)[C@@H](CO)OCn1cc(F)c(=O)[nH]c1=O. The van der Waals surface area contributed by atoms with Crippen LogP contribution >= 0.6 is 0 Å². The Balaban J connectivity index is 2.77. The lowest BCUT2D eigenvalue weighted by Crippen LogP contribution is -2.36. The number of aromatic nitrogens is 2. The molecule has 2 atom stereocenters. The number of nitrogens with zero attached hydrogens (tertiary/aromatic N) is 1. The Labute approximate surface area is 101 Å². The monoisotopic (exact) mass is 262 g/mol. The normalized spacial score (nSPS) is 14.4. The molecule has 1 aromatic heterocycles. The average molecular weight is 262 g/mol. The van der Waals surface area contributed by atoms with Gasteiger partial charge < -0.3 is 14.9 Å². The Morgan fingerprint density at radius 2 is 2.22 bits per heavy atom. The summed E-state index contributed by atoms with van der Waals surface area (Å²) < 4.78 is 18.8. The van der Waals surface area contributed by atoms with Crippen LogP contribution in [0, 0.1) is 5.82 Å². The molecule has 1 heterocycles. The van der Waals surface area contributed by atoms with Crippen molar-refractivity contribution < 1.29 is 19.3 Å². The first kappa shape index (κ1) is 14.6. The second-order valence-electron chi connectivity index (χ2n) is 3.70. The van der Waals surface area contributed by atoms with E-state index in [0.29, 0.717) is 12.6 Å². The molecule has 1 rings (SSSR count). The highest BCUT2D eigenvalue weighted by Crippen LogP contribution is 2.03. The third-order valence-electron chi connectivity index (χ3n) is 2.42. The summed E-state index contributed by atoms with van der Waals surface area (Å²) in [5, 5.41) is 18.4. The molecule has 0 saturated heterocycles. The minimum Gasteiger partial charge on any atom is -0.394 e. The maximum atomic E-state index is 12.9. The zero-order valence-electron chi connectivity index (χ0n) is 9.80.